The first-order valence-corrected chi connectivity index (χ1v) is 6.89. The van der Waals surface area contributed by atoms with E-state index >= 15 is 0 Å². The molecule has 0 aliphatic rings. The molecule has 1 aromatic rings. The normalized spacial score (nSPS) is 17.0. The van der Waals surface area contributed by atoms with E-state index in [2.05, 4.69) is 23.8 Å². The lowest BCUT2D eigenvalue weighted by molar-refractivity contribution is -0.112. The lowest BCUT2D eigenvalue weighted by Crippen LogP contribution is -2.41. The van der Waals surface area contributed by atoms with Gasteiger partial charge in [-0.05, 0) is 55.5 Å². The molecule has 0 amide bonds. The molecule has 3 heteroatoms. The number of ether oxygens (including phenoxy) is 1. The molecule has 0 aromatic carbocycles. The second-order valence-corrected chi connectivity index (χ2v) is 5.07. The zero-order valence-corrected chi connectivity index (χ0v) is 11.2. The zero-order valence-electron chi connectivity index (χ0n) is 10.4. The van der Waals surface area contributed by atoms with Crippen LogP contribution in [0, 0.1) is 0 Å². The van der Waals surface area contributed by atoms with Crippen molar-refractivity contribution < 1.29 is 9.84 Å². The van der Waals surface area contributed by atoms with E-state index in [-0.39, 0.29) is 0 Å². The van der Waals surface area contributed by atoms with E-state index in [4.69, 9.17) is 4.74 Å². The van der Waals surface area contributed by atoms with Gasteiger partial charge in [-0.25, -0.2) is 0 Å². The molecule has 2 atom stereocenters. The van der Waals surface area contributed by atoms with Gasteiger partial charge in [-0.1, -0.05) is 6.92 Å². The van der Waals surface area contributed by atoms with Gasteiger partial charge in [0.1, 0.15) is 0 Å². The Bertz CT molecular complexity index is 284. The highest BCUT2D eigenvalue weighted by Crippen LogP contribution is 2.24. The molecular weight excluding hydrogens is 220 g/mol. The van der Waals surface area contributed by atoms with Crippen LogP contribution in [-0.4, -0.2) is 23.4 Å². The summed E-state index contributed by atoms with van der Waals surface area (Å²) in [7, 11) is 0. The van der Waals surface area contributed by atoms with Crippen LogP contribution in [-0.2, 0) is 11.2 Å². The van der Waals surface area contributed by atoms with Gasteiger partial charge in [0.25, 0.3) is 0 Å². The highest BCUT2D eigenvalue weighted by molar-refractivity contribution is 7.07. The second-order valence-electron chi connectivity index (χ2n) is 4.29. The molecule has 0 radical (unpaired) electrons. The van der Waals surface area contributed by atoms with Crippen LogP contribution in [0.5, 0.6) is 0 Å². The summed E-state index contributed by atoms with van der Waals surface area (Å²) in [6, 6.07) is 2.11. The molecule has 0 spiro atoms. The van der Waals surface area contributed by atoms with Gasteiger partial charge in [0.15, 0.2) is 0 Å². The molecule has 1 rings (SSSR count). The number of aryl methyl sites for hydroxylation is 1. The van der Waals surface area contributed by atoms with E-state index in [9.17, 15) is 5.11 Å². The van der Waals surface area contributed by atoms with E-state index in [1.165, 1.54) is 5.56 Å². The van der Waals surface area contributed by atoms with Crippen LogP contribution in [0.25, 0.3) is 0 Å². The summed E-state index contributed by atoms with van der Waals surface area (Å²) >= 11 is 1.70. The van der Waals surface area contributed by atoms with Crippen LogP contribution < -0.4 is 0 Å². The smallest absolute Gasteiger partial charge is 0.0909 e. The van der Waals surface area contributed by atoms with Gasteiger partial charge in [-0.15, -0.1) is 0 Å². The lowest BCUT2D eigenvalue weighted by atomic mass is 9.91. The number of hydrogen-bond donors (Lipinski definition) is 1. The fourth-order valence-electron chi connectivity index (χ4n) is 1.81. The van der Waals surface area contributed by atoms with Crippen molar-refractivity contribution in [1.82, 2.24) is 0 Å². The van der Waals surface area contributed by atoms with Gasteiger partial charge < -0.3 is 9.84 Å². The maximum atomic E-state index is 10.2. The molecule has 92 valence electrons. The molecular formula is C13H22O2S. The molecule has 2 unspecified atom stereocenters. The molecule has 0 aliphatic heterocycles. The summed E-state index contributed by atoms with van der Waals surface area (Å²) < 4.78 is 5.66. The highest BCUT2D eigenvalue weighted by atomic mass is 32.1. The van der Waals surface area contributed by atoms with E-state index in [1.807, 2.05) is 13.8 Å². The molecule has 0 saturated heterocycles. The Morgan fingerprint density at radius 3 is 2.75 bits per heavy atom. The van der Waals surface area contributed by atoms with Gasteiger partial charge in [0.2, 0.25) is 0 Å². The van der Waals surface area contributed by atoms with Gasteiger partial charge in [0.05, 0.1) is 11.7 Å². The average Bonchev–Trinajstić information content (AvgIpc) is 2.78. The largest absolute Gasteiger partial charge is 0.390 e. The number of hydrogen-bond acceptors (Lipinski definition) is 3. The molecule has 2 nitrogen and oxygen atoms in total. The zero-order chi connectivity index (χ0) is 12.0. The first kappa shape index (κ1) is 13.7. The van der Waals surface area contributed by atoms with Crippen molar-refractivity contribution in [3.8, 4) is 0 Å². The molecule has 0 fully saturated rings. The lowest BCUT2D eigenvalue weighted by Gasteiger charge is -2.33. The first-order valence-electron chi connectivity index (χ1n) is 5.95. The molecule has 0 aliphatic carbocycles. The van der Waals surface area contributed by atoms with Crippen LogP contribution in [0.15, 0.2) is 16.8 Å². The summed E-state index contributed by atoms with van der Waals surface area (Å²) in [6.07, 6.45) is 2.14. The van der Waals surface area contributed by atoms with E-state index in [0.29, 0.717) is 6.61 Å². The third-order valence-electron chi connectivity index (χ3n) is 3.17. The molecule has 0 saturated carbocycles. The minimum atomic E-state index is -0.398. The molecule has 16 heavy (non-hydrogen) atoms. The third-order valence-corrected chi connectivity index (χ3v) is 3.90. The van der Waals surface area contributed by atoms with Crippen molar-refractivity contribution in [1.29, 1.82) is 0 Å². The Labute approximate surface area is 102 Å². The third kappa shape index (κ3) is 3.58. The SMILES string of the molecule is CCOC(C)(CC)C(O)CCc1ccsc1. The topological polar surface area (TPSA) is 29.5 Å². The van der Waals surface area contributed by atoms with E-state index in [1.54, 1.807) is 11.3 Å². The van der Waals surface area contributed by atoms with E-state index < -0.39 is 11.7 Å². The number of thiophene rings is 1. The van der Waals surface area contributed by atoms with Crippen molar-refractivity contribution >= 4 is 11.3 Å². The standard InChI is InChI=1S/C13H22O2S/c1-4-13(3,15-5-2)12(14)7-6-11-8-9-16-10-11/h8-10,12,14H,4-7H2,1-3H3. The van der Waals surface area contributed by atoms with Gasteiger partial charge >= 0.3 is 0 Å². The maximum Gasteiger partial charge on any atom is 0.0909 e. The highest BCUT2D eigenvalue weighted by Gasteiger charge is 2.31. The number of aliphatic hydroxyl groups excluding tert-OH is 1. The maximum absolute atomic E-state index is 10.2. The monoisotopic (exact) mass is 242 g/mol. The Kier molecular flexibility index (Phi) is 5.46. The van der Waals surface area contributed by atoms with Crippen molar-refractivity contribution in [2.24, 2.45) is 0 Å². The van der Waals surface area contributed by atoms with Crippen LogP contribution in [0.2, 0.25) is 0 Å². The number of aliphatic hydroxyl groups is 1. The Morgan fingerprint density at radius 2 is 2.25 bits per heavy atom. The number of rotatable bonds is 7. The molecule has 1 heterocycles. The fourth-order valence-corrected chi connectivity index (χ4v) is 2.51. The van der Waals surface area contributed by atoms with Crippen molar-refractivity contribution in [3.05, 3.63) is 22.4 Å². The first-order chi connectivity index (χ1) is 7.62. The quantitative estimate of drug-likeness (QED) is 0.795. The fraction of sp³-hybridized carbons (Fsp3) is 0.692. The van der Waals surface area contributed by atoms with Gasteiger partial charge in [-0.2, -0.15) is 11.3 Å². The van der Waals surface area contributed by atoms with Crippen LogP contribution in [0.4, 0.5) is 0 Å². The van der Waals surface area contributed by atoms with Crippen LogP contribution in [0.1, 0.15) is 39.2 Å². The van der Waals surface area contributed by atoms with Crippen LogP contribution in [0.3, 0.4) is 0 Å². The predicted molar refractivity (Wildman–Crippen MR) is 69.0 cm³/mol. The van der Waals surface area contributed by atoms with Gasteiger partial charge in [0, 0.05) is 6.61 Å². The minimum absolute atomic E-state index is 0.391. The summed E-state index contributed by atoms with van der Waals surface area (Å²) in [6.45, 7) is 6.68. The van der Waals surface area contributed by atoms with Crippen molar-refractivity contribution in [2.45, 2.75) is 51.7 Å². The summed E-state index contributed by atoms with van der Waals surface area (Å²) in [5, 5.41) is 14.4. The Balaban J connectivity index is 2.46. The molecule has 0 bridgehead atoms. The minimum Gasteiger partial charge on any atom is -0.390 e. The Hall–Kier alpha value is -0.380. The van der Waals surface area contributed by atoms with Crippen molar-refractivity contribution in [2.75, 3.05) is 6.61 Å². The predicted octanol–water partition coefficient (Wildman–Crippen LogP) is 3.25. The van der Waals surface area contributed by atoms with Crippen LogP contribution >= 0.6 is 11.3 Å². The Morgan fingerprint density at radius 1 is 1.50 bits per heavy atom. The second kappa shape index (κ2) is 6.38. The molecule has 1 N–H and O–H groups in total. The average molecular weight is 242 g/mol. The van der Waals surface area contributed by atoms with E-state index in [0.717, 1.165) is 19.3 Å². The summed E-state index contributed by atoms with van der Waals surface area (Å²) in [5.74, 6) is 0. The molecule has 1 aromatic heterocycles. The van der Waals surface area contributed by atoms with Gasteiger partial charge in [-0.3, -0.25) is 0 Å². The summed E-state index contributed by atoms with van der Waals surface area (Å²) in [4.78, 5) is 0. The van der Waals surface area contributed by atoms with Crippen molar-refractivity contribution in [3.63, 3.8) is 0 Å². The summed E-state index contributed by atoms with van der Waals surface area (Å²) in [5.41, 5.74) is 0.907.